The van der Waals surface area contributed by atoms with Crippen LogP contribution in [-0.2, 0) is 20.9 Å². The summed E-state index contributed by atoms with van der Waals surface area (Å²) >= 11 is 0. The molecule has 2 fully saturated rings. The van der Waals surface area contributed by atoms with Crippen LogP contribution in [0.1, 0.15) is 19.3 Å². The van der Waals surface area contributed by atoms with Crippen molar-refractivity contribution in [3.63, 3.8) is 0 Å². The van der Waals surface area contributed by atoms with Gasteiger partial charge in [-0.05, 0) is 70.4 Å². The van der Waals surface area contributed by atoms with Crippen LogP contribution in [0.25, 0.3) is 0 Å². The van der Waals surface area contributed by atoms with Gasteiger partial charge in [0.15, 0.2) is 9.04 Å². The summed E-state index contributed by atoms with van der Waals surface area (Å²) in [7, 11) is -9.86. The quantitative estimate of drug-likeness (QED) is 0.634. The lowest BCUT2D eigenvalue weighted by Crippen LogP contribution is -2.65. The second-order valence-electron chi connectivity index (χ2n) is 8.62. The molecular formula is C14H36O5Si5. The molecule has 0 saturated carbocycles. The van der Waals surface area contributed by atoms with Gasteiger partial charge >= 0.3 is 34.2 Å². The van der Waals surface area contributed by atoms with Crippen molar-refractivity contribution < 1.29 is 20.9 Å². The summed E-state index contributed by atoms with van der Waals surface area (Å²) in [5.74, 6) is 0. The van der Waals surface area contributed by atoms with Gasteiger partial charge in [-0.15, -0.1) is 0 Å². The Morgan fingerprint density at radius 2 is 1.29 bits per heavy atom. The molecule has 0 bridgehead atoms. The average Bonchev–Trinajstić information content (AvgIpc) is 2.33. The maximum atomic E-state index is 6.62. The molecule has 142 valence electrons. The first-order valence-electron chi connectivity index (χ1n) is 9.33. The summed E-state index contributed by atoms with van der Waals surface area (Å²) in [4.78, 5) is 0. The molecule has 0 aliphatic carbocycles. The SMILES string of the molecule is C[Si]1(C)O[Si](C)(C)O[Si](C)(CCC[SiH]2CCCCO2)O[Si](C)(C)O1. The monoisotopic (exact) mass is 424 g/mol. The number of rotatable bonds is 4. The van der Waals surface area contributed by atoms with E-state index in [1.165, 1.54) is 24.9 Å². The van der Waals surface area contributed by atoms with Crippen LogP contribution < -0.4 is 0 Å². The predicted octanol–water partition coefficient (Wildman–Crippen LogP) is 4.17. The molecule has 0 aromatic carbocycles. The third-order valence-corrected chi connectivity index (χ3v) is 23.7. The van der Waals surface area contributed by atoms with Crippen molar-refractivity contribution in [2.45, 2.75) is 83.2 Å². The van der Waals surface area contributed by atoms with Crippen LogP contribution in [0.2, 0.25) is 64.0 Å². The van der Waals surface area contributed by atoms with E-state index in [4.69, 9.17) is 20.9 Å². The zero-order valence-corrected chi connectivity index (χ0v) is 21.7. The lowest BCUT2D eigenvalue weighted by atomic mass is 10.4. The van der Waals surface area contributed by atoms with E-state index in [0.29, 0.717) is 0 Å². The molecule has 10 heteroatoms. The fraction of sp³-hybridized carbons (Fsp3) is 1.00. The van der Waals surface area contributed by atoms with E-state index in [1.807, 2.05) is 0 Å². The molecule has 5 nitrogen and oxygen atoms in total. The maximum absolute atomic E-state index is 6.62. The van der Waals surface area contributed by atoms with E-state index >= 15 is 0 Å². The van der Waals surface area contributed by atoms with Gasteiger partial charge in [-0.3, -0.25) is 0 Å². The molecule has 0 aromatic rings. The van der Waals surface area contributed by atoms with Gasteiger partial charge in [0.1, 0.15) is 0 Å². The van der Waals surface area contributed by atoms with Crippen molar-refractivity contribution in [2.24, 2.45) is 0 Å². The summed E-state index contributed by atoms with van der Waals surface area (Å²) in [5.41, 5.74) is 0. The van der Waals surface area contributed by atoms with E-state index in [9.17, 15) is 0 Å². The maximum Gasteiger partial charge on any atom is 0.317 e. The second-order valence-corrected chi connectivity index (χ2v) is 25.8. The minimum Gasteiger partial charge on any atom is -0.420 e. The third-order valence-electron chi connectivity index (χ3n) is 4.34. The first-order chi connectivity index (χ1) is 10.9. The largest absolute Gasteiger partial charge is 0.420 e. The van der Waals surface area contributed by atoms with Gasteiger partial charge in [-0.25, -0.2) is 0 Å². The molecule has 0 N–H and O–H groups in total. The Balaban J connectivity index is 1.99. The van der Waals surface area contributed by atoms with Gasteiger partial charge in [-0.1, -0.05) is 12.8 Å². The predicted molar refractivity (Wildman–Crippen MR) is 110 cm³/mol. The lowest BCUT2D eigenvalue weighted by molar-refractivity contribution is 0.234. The Morgan fingerprint density at radius 1 is 0.750 bits per heavy atom. The Labute approximate surface area is 154 Å². The molecule has 2 aliphatic heterocycles. The highest BCUT2D eigenvalue weighted by Crippen LogP contribution is 2.33. The van der Waals surface area contributed by atoms with Crippen molar-refractivity contribution in [3.8, 4) is 0 Å². The minimum absolute atomic E-state index is 0.958. The molecule has 1 unspecified atom stereocenters. The standard InChI is InChI=1S/C14H36O5Si5/c1-21(2)16-22(3,4)18-24(7,19-23(5,6)17-21)14-10-13-20-12-9-8-11-15-20/h20H,8-14H2,1-7H3. The Kier molecular flexibility index (Phi) is 6.94. The summed E-state index contributed by atoms with van der Waals surface area (Å²) in [5, 5.41) is 0. The highest BCUT2D eigenvalue weighted by Gasteiger charge is 2.52. The zero-order chi connectivity index (χ0) is 18.1. The van der Waals surface area contributed by atoms with E-state index in [1.54, 1.807) is 0 Å². The van der Waals surface area contributed by atoms with Crippen molar-refractivity contribution in [1.82, 2.24) is 0 Å². The smallest absolute Gasteiger partial charge is 0.317 e. The number of hydrogen-bond donors (Lipinski definition) is 0. The Bertz CT molecular complexity index is 404. The fourth-order valence-electron chi connectivity index (χ4n) is 4.10. The second kappa shape index (κ2) is 7.86. The van der Waals surface area contributed by atoms with Gasteiger partial charge in [0, 0.05) is 6.61 Å². The molecule has 0 amide bonds. The van der Waals surface area contributed by atoms with Crippen LogP contribution >= 0.6 is 0 Å². The first-order valence-corrected chi connectivity index (χ1v) is 22.4. The summed E-state index contributed by atoms with van der Waals surface area (Å²) < 4.78 is 32.0. The molecule has 0 radical (unpaired) electrons. The van der Waals surface area contributed by atoms with Crippen molar-refractivity contribution >= 4 is 43.3 Å². The summed E-state index contributed by atoms with van der Waals surface area (Å²) in [6.45, 7) is 16.0. The van der Waals surface area contributed by atoms with Crippen LogP contribution in [0.5, 0.6) is 0 Å². The number of hydrogen-bond acceptors (Lipinski definition) is 5. The topological polar surface area (TPSA) is 46.2 Å². The molecule has 2 saturated heterocycles. The minimum atomic E-state index is -2.27. The summed E-state index contributed by atoms with van der Waals surface area (Å²) in [6.07, 6.45) is 3.77. The summed E-state index contributed by atoms with van der Waals surface area (Å²) in [6, 6.07) is 3.62. The van der Waals surface area contributed by atoms with Gasteiger partial charge in [-0.2, -0.15) is 0 Å². The van der Waals surface area contributed by atoms with Crippen LogP contribution in [0.15, 0.2) is 0 Å². The molecule has 0 spiro atoms. The Morgan fingerprint density at radius 3 is 1.79 bits per heavy atom. The molecule has 2 rings (SSSR count). The molecule has 2 aliphatic rings. The van der Waals surface area contributed by atoms with Crippen molar-refractivity contribution in [1.29, 1.82) is 0 Å². The molecule has 1 atom stereocenters. The average molecular weight is 425 g/mol. The first kappa shape index (κ1) is 21.2. The van der Waals surface area contributed by atoms with Crippen LogP contribution in [0.3, 0.4) is 0 Å². The van der Waals surface area contributed by atoms with Crippen molar-refractivity contribution in [2.75, 3.05) is 6.61 Å². The van der Waals surface area contributed by atoms with Crippen LogP contribution in [-0.4, -0.2) is 49.9 Å². The zero-order valence-electron chi connectivity index (χ0n) is 16.6. The van der Waals surface area contributed by atoms with Gasteiger partial charge < -0.3 is 20.9 Å². The molecule has 24 heavy (non-hydrogen) atoms. The van der Waals surface area contributed by atoms with Gasteiger partial charge in [0.05, 0.1) is 0 Å². The molecular weight excluding hydrogens is 389 g/mol. The van der Waals surface area contributed by atoms with Gasteiger partial charge in [0.25, 0.3) is 0 Å². The fourth-order valence-corrected chi connectivity index (χ4v) is 28.6. The Hall–Kier alpha value is 0.884. The van der Waals surface area contributed by atoms with Crippen LogP contribution in [0, 0.1) is 0 Å². The lowest BCUT2D eigenvalue weighted by Gasteiger charge is -2.47. The van der Waals surface area contributed by atoms with Crippen LogP contribution in [0.4, 0.5) is 0 Å². The van der Waals surface area contributed by atoms with E-state index in [-0.39, 0.29) is 0 Å². The highest BCUT2D eigenvalue weighted by atomic mass is 28.5. The van der Waals surface area contributed by atoms with E-state index < -0.39 is 43.3 Å². The molecule has 2 heterocycles. The van der Waals surface area contributed by atoms with E-state index in [2.05, 4.69) is 45.8 Å². The van der Waals surface area contributed by atoms with E-state index in [0.717, 1.165) is 19.1 Å². The normalized spacial score (nSPS) is 31.9. The molecule has 0 aromatic heterocycles. The third kappa shape index (κ3) is 6.89. The van der Waals surface area contributed by atoms with Gasteiger partial charge in [0.2, 0.25) is 0 Å². The van der Waals surface area contributed by atoms with Crippen molar-refractivity contribution in [3.05, 3.63) is 0 Å². The highest BCUT2D eigenvalue weighted by molar-refractivity contribution is 6.93.